The van der Waals surface area contributed by atoms with Gasteiger partial charge in [0.05, 0.1) is 23.0 Å². The molecule has 190 valence electrons. The number of aryl methyl sites for hydroxylation is 1. The smallest absolute Gasteiger partial charge is 0.269 e. The lowest BCUT2D eigenvalue weighted by Gasteiger charge is -2.37. The summed E-state index contributed by atoms with van der Waals surface area (Å²) in [6.45, 7) is 3.99. The Kier molecular flexibility index (Phi) is 4.86. The van der Waals surface area contributed by atoms with E-state index in [-0.39, 0.29) is 41.2 Å². The monoisotopic (exact) mass is 506 g/mol. The van der Waals surface area contributed by atoms with Crippen LogP contribution >= 0.6 is 0 Å². The number of amides is 2. The SMILES string of the molecule is Cc1cc(/C=N/N2C(=O)C3C4C=CC(C5CC45)C3C2=O)c(C)n1-c1ccc(-c2ccc([N+](=O)[O-])cc2)cc1. The van der Waals surface area contributed by atoms with Crippen LogP contribution in [-0.4, -0.2) is 32.5 Å². The van der Waals surface area contributed by atoms with Gasteiger partial charge in [-0.3, -0.25) is 19.7 Å². The lowest BCUT2D eigenvalue weighted by Crippen LogP contribution is -2.40. The highest BCUT2D eigenvalue weighted by Crippen LogP contribution is 2.65. The van der Waals surface area contributed by atoms with Crippen LogP contribution < -0.4 is 0 Å². The minimum absolute atomic E-state index is 0.0647. The second kappa shape index (κ2) is 8.08. The van der Waals surface area contributed by atoms with Gasteiger partial charge in [-0.15, -0.1) is 0 Å². The van der Waals surface area contributed by atoms with Crippen LogP contribution in [0.4, 0.5) is 5.69 Å². The van der Waals surface area contributed by atoms with Gasteiger partial charge in [-0.05, 0) is 85.4 Å². The Labute approximate surface area is 219 Å². The predicted octanol–water partition coefficient (Wildman–Crippen LogP) is 5.06. The molecule has 2 saturated carbocycles. The van der Waals surface area contributed by atoms with E-state index in [1.54, 1.807) is 18.3 Å². The maximum absolute atomic E-state index is 13.2. The molecule has 8 nitrogen and oxygen atoms in total. The van der Waals surface area contributed by atoms with Gasteiger partial charge in [0.25, 0.3) is 17.5 Å². The van der Waals surface area contributed by atoms with Crippen molar-refractivity contribution in [3.63, 3.8) is 0 Å². The maximum Gasteiger partial charge on any atom is 0.269 e. The standard InChI is InChI=1S/C30H26N4O4/c1-16-13-20(15-31-33-29(35)27-23-11-12-24(26-14-25(23)26)28(27)30(33)36)17(2)32(16)21-7-3-18(4-8-21)19-5-9-22(10-6-19)34(37)38/h3-13,15,23-28H,14H2,1-2H3/b31-15+. The van der Waals surface area contributed by atoms with E-state index in [9.17, 15) is 19.7 Å². The number of allylic oxidation sites excluding steroid dienone is 2. The zero-order valence-electron chi connectivity index (χ0n) is 21.0. The lowest BCUT2D eigenvalue weighted by atomic mass is 9.63. The first-order chi connectivity index (χ1) is 18.3. The summed E-state index contributed by atoms with van der Waals surface area (Å²) >= 11 is 0. The van der Waals surface area contributed by atoms with Gasteiger partial charge >= 0.3 is 0 Å². The van der Waals surface area contributed by atoms with Crippen molar-refractivity contribution in [3.8, 4) is 16.8 Å². The second-order valence-corrected chi connectivity index (χ2v) is 10.9. The first kappa shape index (κ1) is 22.8. The third kappa shape index (κ3) is 3.25. The van der Waals surface area contributed by atoms with Crippen LogP contribution in [0, 0.1) is 59.5 Å². The Morgan fingerprint density at radius 3 is 2.00 bits per heavy atom. The average molecular weight is 507 g/mol. The summed E-state index contributed by atoms with van der Waals surface area (Å²) in [5, 5.41) is 16.5. The number of benzene rings is 2. The molecular weight excluding hydrogens is 480 g/mol. The summed E-state index contributed by atoms with van der Waals surface area (Å²) in [6, 6.07) is 16.5. The number of carbonyl (C=O) groups is 2. The van der Waals surface area contributed by atoms with Crippen LogP contribution in [0.15, 0.2) is 71.9 Å². The van der Waals surface area contributed by atoms with Crippen molar-refractivity contribution in [2.24, 2.45) is 40.6 Å². The number of nitro benzene ring substituents is 1. The Morgan fingerprint density at radius 2 is 1.45 bits per heavy atom. The van der Waals surface area contributed by atoms with E-state index in [1.165, 1.54) is 12.1 Å². The van der Waals surface area contributed by atoms with E-state index in [4.69, 9.17) is 0 Å². The fourth-order valence-electron chi connectivity index (χ4n) is 7.07. The Balaban J connectivity index is 1.12. The quantitative estimate of drug-likeness (QED) is 0.159. The second-order valence-electron chi connectivity index (χ2n) is 10.9. The highest BCUT2D eigenvalue weighted by Gasteiger charge is 2.67. The predicted molar refractivity (Wildman–Crippen MR) is 141 cm³/mol. The Hall–Kier alpha value is -4.33. The summed E-state index contributed by atoms with van der Waals surface area (Å²) in [5.74, 6) is 0.694. The summed E-state index contributed by atoms with van der Waals surface area (Å²) in [5.41, 5.74) is 5.69. The highest BCUT2D eigenvalue weighted by molar-refractivity contribution is 6.06. The number of nitro groups is 1. The molecule has 2 amide bonds. The van der Waals surface area contributed by atoms with E-state index in [2.05, 4.69) is 21.8 Å². The Morgan fingerprint density at radius 1 is 0.895 bits per heavy atom. The minimum atomic E-state index is -0.406. The van der Waals surface area contributed by atoms with Crippen LogP contribution in [0.1, 0.15) is 23.4 Å². The molecule has 4 aliphatic carbocycles. The molecule has 3 fully saturated rings. The normalized spacial score (nSPS) is 28.7. The molecule has 1 aliphatic heterocycles. The van der Waals surface area contributed by atoms with Crippen molar-refractivity contribution < 1.29 is 14.5 Å². The highest BCUT2D eigenvalue weighted by atomic mass is 16.6. The number of aromatic nitrogens is 1. The number of hydrazone groups is 1. The van der Waals surface area contributed by atoms with Crippen molar-refractivity contribution in [2.45, 2.75) is 20.3 Å². The molecule has 6 atom stereocenters. The zero-order chi connectivity index (χ0) is 26.3. The van der Waals surface area contributed by atoms with Crippen molar-refractivity contribution in [1.29, 1.82) is 0 Å². The third-order valence-electron chi connectivity index (χ3n) is 8.96. The topological polar surface area (TPSA) is 97.8 Å². The van der Waals surface area contributed by atoms with Crippen LogP contribution in [0.3, 0.4) is 0 Å². The first-order valence-electron chi connectivity index (χ1n) is 13.0. The van der Waals surface area contributed by atoms with Crippen LogP contribution in [0.2, 0.25) is 0 Å². The van der Waals surface area contributed by atoms with Gasteiger partial charge in [-0.25, -0.2) is 0 Å². The van der Waals surface area contributed by atoms with Gasteiger partial charge in [0.2, 0.25) is 0 Å². The number of hydrogen-bond acceptors (Lipinski definition) is 5. The van der Waals surface area contributed by atoms with Crippen LogP contribution in [0.25, 0.3) is 16.8 Å². The Bertz CT molecular complexity index is 1530. The lowest BCUT2D eigenvalue weighted by molar-refractivity contribution is -0.384. The fourth-order valence-corrected chi connectivity index (χ4v) is 7.07. The third-order valence-corrected chi connectivity index (χ3v) is 8.96. The molecule has 8 heteroatoms. The summed E-state index contributed by atoms with van der Waals surface area (Å²) in [4.78, 5) is 37.0. The molecule has 0 spiro atoms. The molecule has 38 heavy (non-hydrogen) atoms. The molecule has 3 aromatic rings. The van der Waals surface area contributed by atoms with Gasteiger partial charge in [0.15, 0.2) is 0 Å². The number of carbonyl (C=O) groups excluding carboxylic acids is 2. The number of nitrogens with zero attached hydrogens (tertiary/aromatic N) is 4. The number of non-ortho nitro benzene ring substituents is 1. The van der Waals surface area contributed by atoms with Crippen LogP contribution in [0.5, 0.6) is 0 Å². The number of rotatable bonds is 5. The maximum atomic E-state index is 13.2. The van der Waals surface area contributed by atoms with Crippen LogP contribution in [-0.2, 0) is 9.59 Å². The largest absolute Gasteiger partial charge is 0.318 e. The molecule has 2 heterocycles. The van der Waals surface area contributed by atoms with E-state index in [0.29, 0.717) is 11.8 Å². The number of hydrogen-bond donors (Lipinski definition) is 0. The molecule has 5 aliphatic rings. The summed E-state index contributed by atoms with van der Waals surface area (Å²) in [6.07, 6.45) is 7.10. The minimum Gasteiger partial charge on any atom is -0.318 e. The van der Waals surface area contributed by atoms with Gasteiger partial charge in [0.1, 0.15) is 0 Å². The number of imide groups is 1. The molecular formula is C30H26N4O4. The van der Waals surface area contributed by atoms with Gasteiger partial charge < -0.3 is 4.57 Å². The average Bonchev–Trinajstić information content (AvgIpc) is 3.65. The van der Waals surface area contributed by atoms with E-state index >= 15 is 0 Å². The molecule has 2 aromatic carbocycles. The molecule has 0 N–H and O–H groups in total. The van der Waals surface area contributed by atoms with Crippen molar-refractivity contribution in [3.05, 3.63) is 93.8 Å². The fraction of sp³-hybridized carbons (Fsp3) is 0.300. The van der Waals surface area contributed by atoms with Crippen molar-refractivity contribution >= 4 is 23.7 Å². The van der Waals surface area contributed by atoms with Gasteiger partial charge in [0, 0.05) is 34.8 Å². The molecule has 6 unspecified atom stereocenters. The molecule has 2 bridgehead atoms. The van der Waals surface area contributed by atoms with E-state index in [0.717, 1.165) is 45.2 Å². The molecule has 0 radical (unpaired) electrons. The molecule has 1 saturated heterocycles. The van der Waals surface area contributed by atoms with Gasteiger partial charge in [-0.2, -0.15) is 10.1 Å². The van der Waals surface area contributed by atoms with Crippen molar-refractivity contribution in [1.82, 2.24) is 9.58 Å². The first-order valence-corrected chi connectivity index (χ1v) is 13.0. The van der Waals surface area contributed by atoms with E-state index in [1.807, 2.05) is 44.2 Å². The van der Waals surface area contributed by atoms with Crippen molar-refractivity contribution in [2.75, 3.05) is 0 Å². The molecule has 1 aromatic heterocycles. The van der Waals surface area contributed by atoms with E-state index < -0.39 is 4.92 Å². The summed E-state index contributed by atoms with van der Waals surface area (Å²) < 4.78 is 2.10. The zero-order valence-corrected chi connectivity index (χ0v) is 21.0. The van der Waals surface area contributed by atoms with Gasteiger partial charge in [-0.1, -0.05) is 24.3 Å². The summed E-state index contributed by atoms with van der Waals surface area (Å²) in [7, 11) is 0. The molecule has 8 rings (SSSR count).